The molecule has 0 atom stereocenters. The Balaban J connectivity index is 2.10. The highest BCUT2D eigenvalue weighted by Gasteiger charge is 2.26. The number of carbonyl (C=O) groups excluding carboxylic acids is 1. The van der Waals surface area contributed by atoms with Crippen molar-refractivity contribution in [1.29, 1.82) is 0 Å². The number of sulfonamides is 1. The summed E-state index contributed by atoms with van der Waals surface area (Å²) in [4.78, 5) is 12.5. The first-order valence-corrected chi connectivity index (χ1v) is 9.66. The Kier molecular flexibility index (Phi) is 6.33. The third kappa shape index (κ3) is 4.90. The summed E-state index contributed by atoms with van der Waals surface area (Å²) in [5, 5.41) is 2.77. The number of nitrogens with one attached hydrogen (secondary N) is 1. The van der Waals surface area contributed by atoms with Gasteiger partial charge in [0.25, 0.3) is 0 Å². The Bertz CT molecular complexity index is 833. The van der Waals surface area contributed by atoms with Gasteiger partial charge in [0, 0.05) is 13.1 Å². The fraction of sp³-hybridized carbons (Fsp3) is 0.316. The van der Waals surface area contributed by atoms with Crippen LogP contribution in [-0.2, 0) is 21.4 Å². The molecule has 0 unspecified atom stereocenters. The number of likely N-dealkylation sites (N-methyl/N-ethyl adjacent to an activating group) is 1. The van der Waals surface area contributed by atoms with Crippen molar-refractivity contribution in [3.05, 3.63) is 65.2 Å². The van der Waals surface area contributed by atoms with E-state index in [2.05, 4.69) is 5.32 Å². The summed E-state index contributed by atoms with van der Waals surface area (Å²) in [6.45, 7) is 5.75. The smallest absolute Gasteiger partial charge is 0.243 e. The molecule has 2 aromatic rings. The SMILES string of the molecule is CCN(CC(=O)NCc1ccccc1)S(=O)(=O)c1cc(C)ccc1C. The van der Waals surface area contributed by atoms with E-state index in [4.69, 9.17) is 0 Å². The maximum Gasteiger partial charge on any atom is 0.243 e. The molecule has 0 bridgehead atoms. The number of benzene rings is 2. The molecule has 0 aromatic heterocycles. The second-order valence-electron chi connectivity index (χ2n) is 5.96. The number of hydrogen-bond acceptors (Lipinski definition) is 3. The van der Waals surface area contributed by atoms with E-state index in [0.717, 1.165) is 11.1 Å². The van der Waals surface area contributed by atoms with Crippen LogP contribution in [0.15, 0.2) is 53.4 Å². The lowest BCUT2D eigenvalue weighted by Gasteiger charge is -2.21. The summed E-state index contributed by atoms with van der Waals surface area (Å²) in [6, 6.07) is 14.8. The quantitative estimate of drug-likeness (QED) is 0.825. The predicted molar refractivity (Wildman–Crippen MR) is 98.6 cm³/mol. The molecule has 0 aliphatic heterocycles. The van der Waals surface area contributed by atoms with Crippen molar-refractivity contribution < 1.29 is 13.2 Å². The Morgan fingerprint density at radius 3 is 2.40 bits per heavy atom. The second-order valence-corrected chi connectivity index (χ2v) is 7.87. The van der Waals surface area contributed by atoms with Crippen LogP contribution in [0.1, 0.15) is 23.6 Å². The summed E-state index contributed by atoms with van der Waals surface area (Å²) in [7, 11) is -3.71. The van der Waals surface area contributed by atoms with Crippen LogP contribution < -0.4 is 5.32 Å². The van der Waals surface area contributed by atoms with Crippen LogP contribution in [0.3, 0.4) is 0 Å². The fourth-order valence-corrected chi connectivity index (χ4v) is 4.22. The van der Waals surface area contributed by atoms with E-state index in [1.54, 1.807) is 26.0 Å². The van der Waals surface area contributed by atoms with Crippen molar-refractivity contribution in [2.24, 2.45) is 0 Å². The minimum absolute atomic E-state index is 0.195. The highest BCUT2D eigenvalue weighted by Crippen LogP contribution is 2.21. The van der Waals surface area contributed by atoms with Crippen LogP contribution >= 0.6 is 0 Å². The van der Waals surface area contributed by atoms with E-state index in [-0.39, 0.29) is 23.9 Å². The monoisotopic (exact) mass is 360 g/mol. The summed E-state index contributed by atoms with van der Waals surface area (Å²) < 4.78 is 27.0. The first-order chi connectivity index (χ1) is 11.8. The Labute approximate surface area is 149 Å². The third-order valence-corrected chi connectivity index (χ3v) is 6.03. The molecule has 0 heterocycles. The van der Waals surface area contributed by atoms with Crippen molar-refractivity contribution >= 4 is 15.9 Å². The van der Waals surface area contributed by atoms with Crippen LogP contribution in [0.4, 0.5) is 0 Å². The first kappa shape index (κ1) is 19.1. The van der Waals surface area contributed by atoms with Crippen LogP contribution in [-0.4, -0.2) is 31.7 Å². The molecule has 0 saturated carbocycles. The van der Waals surface area contributed by atoms with Gasteiger partial charge in [0.05, 0.1) is 11.4 Å². The summed E-state index contributed by atoms with van der Waals surface area (Å²) in [5.41, 5.74) is 2.51. The number of rotatable bonds is 7. The molecule has 0 radical (unpaired) electrons. The van der Waals surface area contributed by atoms with Gasteiger partial charge in [-0.1, -0.05) is 49.4 Å². The van der Waals surface area contributed by atoms with Gasteiger partial charge in [-0.05, 0) is 36.6 Å². The lowest BCUT2D eigenvalue weighted by Crippen LogP contribution is -2.40. The molecular weight excluding hydrogens is 336 g/mol. The average Bonchev–Trinajstić information content (AvgIpc) is 2.60. The lowest BCUT2D eigenvalue weighted by molar-refractivity contribution is -0.121. The lowest BCUT2D eigenvalue weighted by atomic mass is 10.2. The Morgan fingerprint density at radius 1 is 1.08 bits per heavy atom. The van der Waals surface area contributed by atoms with E-state index < -0.39 is 10.0 Å². The van der Waals surface area contributed by atoms with E-state index >= 15 is 0 Å². The standard InChI is InChI=1S/C19H24N2O3S/c1-4-21(14-19(22)20-13-17-8-6-5-7-9-17)25(23,24)18-12-15(2)10-11-16(18)3/h5-12H,4,13-14H2,1-3H3,(H,20,22). The normalized spacial score (nSPS) is 11.5. The Morgan fingerprint density at radius 2 is 1.76 bits per heavy atom. The van der Waals surface area contributed by atoms with Gasteiger partial charge >= 0.3 is 0 Å². The van der Waals surface area contributed by atoms with Gasteiger partial charge in [-0.2, -0.15) is 4.31 Å². The van der Waals surface area contributed by atoms with Crippen molar-refractivity contribution in [3.63, 3.8) is 0 Å². The minimum atomic E-state index is -3.71. The number of aryl methyl sites for hydroxylation is 2. The highest BCUT2D eigenvalue weighted by molar-refractivity contribution is 7.89. The van der Waals surface area contributed by atoms with Crippen LogP contribution in [0.5, 0.6) is 0 Å². The molecule has 1 N–H and O–H groups in total. The van der Waals surface area contributed by atoms with Crippen LogP contribution in [0.25, 0.3) is 0 Å². The zero-order valence-corrected chi connectivity index (χ0v) is 15.6. The topological polar surface area (TPSA) is 66.5 Å². The largest absolute Gasteiger partial charge is 0.351 e. The van der Waals surface area contributed by atoms with Crippen LogP contribution in [0.2, 0.25) is 0 Å². The molecule has 25 heavy (non-hydrogen) atoms. The van der Waals surface area contributed by atoms with E-state index in [1.165, 1.54) is 4.31 Å². The molecule has 0 spiro atoms. The van der Waals surface area contributed by atoms with Gasteiger partial charge in [0.1, 0.15) is 0 Å². The Hall–Kier alpha value is -2.18. The van der Waals surface area contributed by atoms with Crippen molar-refractivity contribution in [2.75, 3.05) is 13.1 Å². The third-order valence-electron chi connectivity index (χ3n) is 3.97. The number of nitrogens with zero attached hydrogens (tertiary/aromatic N) is 1. The van der Waals surface area contributed by atoms with E-state index in [9.17, 15) is 13.2 Å². The van der Waals surface area contributed by atoms with E-state index in [0.29, 0.717) is 12.1 Å². The van der Waals surface area contributed by atoms with E-state index in [1.807, 2.05) is 43.3 Å². The molecule has 0 saturated heterocycles. The summed E-state index contributed by atoms with van der Waals surface area (Å²) in [5.74, 6) is -0.320. The molecule has 0 aliphatic carbocycles. The van der Waals surface area contributed by atoms with Gasteiger partial charge in [0.15, 0.2) is 0 Å². The number of amides is 1. The summed E-state index contributed by atoms with van der Waals surface area (Å²) in [6.07, 6.45) is 0. The van der Waals surface area contributed by atoms with Crippen molar-refractivity contribution in [2.45, 2.75) is 32.2 Å². The predicted octanol–water partition coefficient (Wildman–Crippen LogP) is 2.63. The maximum absolute atomic E-state index is 12.9. The fourth-order valence-electron chi connectivity index (χ4n) is 2.50. The zero-order valence-electron chi connectivity index (χ0n) is 14.8. The molecule has 5 nitrogen and oxygen atoms in total. The summed E-state index contributed by atoms with van der Waals surface area (Å²) >= 11 is 0. The van der Waals surface area contributed by atoms with Gasteiger partial charge in [-0.3, -0.25) is 4.79 Å². The molecule has 0 fully saturated rings. The molecular formula is C19H24N2O3S. The van der Waals surface area contributed by atoms with Gasteiger partial charge in [-0.25, -0.2) is 8.42 Å². The first-order valence-electron chi connectivity index (χ1n) is 8.22. The average molecular weight is 360 g/mol. The van der Waals surface area contributed by atoms with Crippen molar-refractivity contribution in [1.82, 2.24) is 9.62 Å². The highest BCUT2D eigenvalue weighted by atomic mass is 32.2. The van der Waals surface area contributed by atoms with Crippen LogP contribution in [0, 0.1) is 13.8 Å². The molecule has 1 amide bonds. The maximum atomic E-state index is 12.9. The van der Waals surface area contributed by atoms with Gasteiger partial charge in [0.2, 0.25) is 15.9 Å². The van der Waals surface area contributed by atoms with Gasteiger partial charge in [-0.15, -0.1) is 0 Å². The zero-order chi connectivity index (χ0) is 18.4. The molecule has 0 aliphatic rings. The molecule has 6 heteroatoms. The second kappa shape index (κ2) is 8.27. The molecule has 2 rings (SSSR count). The molecule has 2 aromatic carbocycles. The molecule has 134 valence electrons. The van der Waals surface area contributed by atoms with Crippen molar-refractivity contribution in [3.8, 4) is 0 Å². The van der Waals surface area contributed by atoms with Gasteiger partial charge < -0.3 is 5.32 Å². The number of carbonyl (C=O) groups is 1. The number of hydrogen-bond donors (Lipinski definition) is 1. The minimum Gasteiger partial charge on any atom is -0.351 e.